The van der Waals surface area contributed by atoms with E-state index in [2.05, 4.69) is 26.9 Å². The highest BCUT2D eigenvalue weighted by atomic mass is 19.3. The fourth-order valence-electron chi connectivity index (χ4n) is 2.45. The molecule has 7 heteroatoms. The van der Waals surface area contributed by atoms with E-state index in [4.69, 9.17) is 4.74 Å². The van der Waals surface area contributed by atoms with Crippen LogP contribution in [0.2, 0.25) is 0 Å². The molecule has 3 aromatic rings. The normalized spacial score (nSPS) is 10.1. The number of halogens is 2. The van der Waals surface area contributed by atoms with E-state index in [0.717, 1.165) is 0 Å². The summed E-state index contributed by atoms with van der Waals surface area (Å²) < 4.78 is 34.2. The van der Waals surface area contributed by atoms with Gasteiger partial charge in [0.25, 0.3) is 5.91 Å². The first kappa shape index (κ1) is 19.8. The number of methoxy groups -OCH3 is 1. The van der Waals surface area contributed by atoms with E-state index < -0.39 is 12.5 Å². The van der Waals surface area contributed by atoms with E-state index in [-0.39, 0.29) is 17.1 Å². The van der Waals surface area contributed by atoms with Gasteiger partial charge in [0.15, 0.2) is 11.5 Å². The summed E-state index contributed by atoms with van der Waals surface area (Å²) in [5.41, 5.74) is 2.11. The Balaban J connectivity index is 1.75. The number of rotatable bonds is 5. The van der Waals surface area contributed by atoms with Crippen LogP contribution in [0.25, 0.3) is 0 Å². The Morgan fingerprint density at radius 2 is 1.90 bits per heavy atom. The van der Waals surface area contributed by atoms with E-state index in [0.29, 0.717) is 16.9 Å². The van der Waals surface area contributed by atoms with Crippen molar-refractivity contribution in [2.24, 2.45) is 0 Å². The van der Waals surface area contributed by atoms with Crippen LogP contribution >= 0.6 is 0 Å². The molecule has 3 rings (SSSR count). The third-order valence-electron chi connectivity index (χ3n) is 3.76. The lowest BCUT2D eigenvalue weighted by Gasteiger charge is -2.11. The summed E-state index contributed by atoms with van der Waals surface area (Å²) in [6.07, 6.45) is 1.66. The van der Waals surface area contributed by atoms with Crippen LogP contribution in [0.4, 0.5) is 14.5 Å². The summed E-state index contributed by atoms with van der Waals surface area (Å²) in [6.45, 7) is -2.99. The Labute approximate surface area is 166 Å². The van der Waals surface area contributed by atoms with E-state index in [1.807, 2.05) is 18.2 Å². The summed E-state index contributed by atoms with van der Waals surface area (Å²) in [5, 5.41) is 2.74. The number of nitrogens with one attached hydrogen (secondary N) is 1. The minimum Gasteiger partial charge on any atom is -0.493 e. The van der Waals surface area contributed by atoms with Crippen molar-refractivity contribution >= 4 is 11.6 Å². The standard InChI is InChI=1S/C22H16F2N2O3/c1-28-20-14-16(9-11-19(20)29-22(23)24)21(27)26-18-7-4-5-15(13-18)8-10-17-6-2-3-12-25-17/h2-7,9,11-14,22H,1H3,(H,26,27). The largest absolute Gasteiger partial charge is 0.493 e. The molecule has 0 atom stereocenters. The molecule has 0 saturated carbocycles. The van der Waals surface area contributed by atoms with Crippen LogP contribution in [0.15, 0.2) is 66.9 Å². The van der Waals surface area contributed by atoms with Gasteiger partial charge in [0.05, 0.1) is 7.11 Å². The van der Waals surface area contributed by atoms with Crippen molar-refractivity contribution in [2.75, 3.05) is 12.4 Å². The van der Waals surface area contributed by atoms with Crippen LogP contribution in [0.5, 0.6) is 11.5 Å². The van der Waals surface area contributed by atoms with Crippen molar-refractivity contribution in [2.45, 2.75) is 6.61 Å². The number of nitrogens with zero attached hydrogens (tertiary/aromatic N) is 1. The summed E-state index contributed by atoms with van der Waals surface area (Å²) in [6, 6.07) is 16.4. The third-order valence-corrected chi connectivity index (χ3v) is 3.76. The molecule has 1 N–H and O–H groups in total. The number of anilines is 1. The van der Waals surface area contributed by atoms with Gasteiger partial charge in [0.1, 0.15) is 5.69 Å². The zero-order valence-electron chi connectivity index (χ0n) is 15.4. The number of hydrogen-bond acceptors (Lipinski definition) is 4. The minimum absolute atomic E-state index is 0.0351. The van der Waals surface area contributed by atoms with Gasteiger partial charge >= 0.3 is 6.61 Å². The minimum atomic E-state index is -2.99. The molecule has 1 aromatic heterocycles. The molecule has 1 heterocycles. The maximum Gasteiger partial charge on any atom is 0.387 e. The quantitative estimate of drug-likeness (QED) is 0.654. The number of alkyl halides is 2. The number of hydrogen-bond donors (Lipinski definition) is 1. The number of amides is 1. The van der Waals surface area contributed by atoms with E-state index in [1.54, 1.807) is 30.5 Å². The van der Waals surface area contributed by atoms with Crippen molar-refractivity contribution in [1.29, 1.82) is 0 Å². The Morgan fingerprint density at radius 1 is 1.03 bits per heavy atom. The molecule has 0 aliphatic carbocycles. The molecule has 0 aliphatic rings. The van der Waals surface area contributed by atoms with Crippen molar-refractivity contribution in [1.82, 2.24) is 4.98 Å². The molecule has 2 aromatic carbocycles. The predicted octanol–water partition coefficient (Wildman–Crippen LogP) is 4.34. The average Bonchev–Trinajstić information content (AvgIpc) is 2.73. The lowest BCUT2D eigenvalue weighted by atomic mass is 10.1. The highest BCUT2D eigenvalue weighted by molar-refractivity contribution is 6.04. The van der Waals surface area contributed by atoms with Gasteiger partial charge in [-0.05, 0) is 54.5 Å². The Kier molecular flexibility index (Phi) is 6.38. The highest BCUT2D eigenvalue weighted by Gasteiger charge is 2.14. The summed E-state index contributed by atoms with van der Waals surface area (Å²) in [7, 11) is 1.30. The number of carbonyl (C=O) groups excluding carboxylic acids is 1. The van der Waals surface area contributed by atoms with Crippen molar-refractivity contribution in [3.8, 4) is 23.3 Å². The van der Waals surface area contributed by atoms with Gasteiger partial charge in [0.2, 0.25) is 0 Å². The van der Waals surface area contributed by atoms with Crippen molar-refractivity contribution in [3.63, 3.8) is 0 Å². The maximum absolute atomic E-state index is 12.5. The van der Waals surface area contributed by atoms with Crippen molar-refractivity contribution < 1.29 is 23.0 Å². The molecule has 0 unspecified atom stereocenters. The topological polar surface area (TPSA) is 60.5 Å². The second-order valence-electron chi connectivity index (χ2n) is 5.74. The maximum atomic E-state index is 12.5. The molecule has 0 spiro atoms. The average molecular weight is 394 g/mol. The number of aromatic nitrogens is 1. The van der Waals surface area contributed by atoms with Gasteiger partial charge < -0.3 is 14.8 Å². The van der Waals surface area contributed by atoms with Crippen LogP contribution in [0.1, 0.15) is 21.6 Å². The first-order chi connectivity index (χ1) is 14.0. The Hall–Kier alpha value is -3.92. The SMILES string of the molecule is COc1cc(C(=O)Nc2cccc(C#Cc3ccccn3)c2)ccc1OC(F)F. The molecule has 0 aliphatic heterocycles. The Bertz CT molecular complexity index is 1060. The second-order valence-corrected chi connectivity index (χ2v) is 5.74. The fourth-order valence-corrected chi connectivity index (χ4v) is 2.45. The van der Waals surface area contributed by atoms with Gasteiger partial charge in [-0.3, -0.25) is 4.79 Å². The number of pyridine rings is 1. The molecule has 0 fully saturated rings. The monoisotopic (exact) mass is 394 g/mol. The molecule has 0 saturated heterocycles. The van der Waals surface area contributed by atoms with E-state index >= 15 is 0 Å². The first-order valence-corrected chi connectivity index (χ1v) is 8.52. The van der Waals surface area contributed by atoms with Gasteiger partial charge in [-0.15, -0.1) is 0 Å². The number of carbonyl (C=O) groups is 1. The third kappa shape index (κ3) is 5.53. The van der Waals surface area contributed by atoms with Gasteiger partial charge in [-0.25, -0.2) is 4.98 Å². The molecule has 29 heavy (non-hydrogen) atoms. The molecule has 5 nitrogen and oxygen atoms in total. The molecular formula is C22H16F2N2O3. The molecule has 146 valence electrons. The fraction of sp³-hybridized carbons (Fsp3) is 0.0909. The highest BCUT2D eigenvalue weighted by Crippen LogP contribution is 2.29. The molecule has 1 amide bonds. The van der Waals surface area contributed by atoms with Crippen molar-refractivity contribution in [3.05, 3.63) is 83.7 Å². The zero-order valence-corrected chi connectivity index (χ0v) is 15.4. The van der Waals surface area contributed by atoms with Crippen LogP contribution in [-0.2, 0) is 0 Å². The summed E-state index contributed by atoms with van der Waals surface area (Å²) >= 11 is 0. The Morgan fingerprint density at radius 3 is 2.62 bits per heavy atom. The molecule has 0 radical (unpaired) electrons. The zero-order chi connectivity index (χ0) is 20.6. The van der Waals surface area contributed by atoms with Crippen LogP contribution in [-0.4, -0.2) is 24.6 Å². The van der Waals surface area contributed by atoms with E-state index in [9.17, 15) is 13.6 Å². The lowest BCUT2D eigenvalue weighted by molar-refractivity contribution is -0.0512. The van der Waals surface area contributed by atoms with E-state index in [1.165, 1.54) is 25.3 Å². The van der Waals surface area contributed by atoms with Gasteiger partial charge in [0, 0.05) is 23.0 Å². The second kappa shape index (κ2) is 9.33. The van der Waals surface area contributed by atoms with Crippen LogP contribution < -0.4 is 14.8 Å². The molecular weight excluding hydrogens is 378 g/mol. The predicted molar refractivity (Wildman–Crippen MR) is 104 cm³/mol. The van der Waals surface area contributed by atoms with Crippen LogP contribution in [0.3, 0.4) is 0 Å². The lowest BCUT2D eigenvalue weighted by Crippen LogP contribution is -2.12. The van der Waals surface area contributed by atoms with Gasteiger partial charge in [-0.1, -0.05) is 18.1 Å². The van der Waals surface area contributed by atoms with Crippen LogP contribution in [0, 0.1) is 11.8 Å². The summed E-state index contributed by atoms with van der Waals surface area (Å²) in [4.78, 5) is 16.6. The smallest absolute Gasteiger partial charge is 0.387 e. The number of benzene rings is 2. The number of ether oxygens (including phenoxy) is 2. The first-order valence-electron chi connectivity index (χ1n) is 8.52. The molecule has 0 bridgehead atoms. The van der Waals surface area contributed by atoms with Gasteiger partial charge in [-0.2, -0.15) is 8.78 Å². The summed E-state index contributed by atoms with van der Waals surface area (Å²) in [5.74, 6) is 5.39.